The average molecular weight is 248 g/mol. The van der Waals surface area contributed by atoms with Crippen LogP contribution in [0.3, 0.4) is 0 Å². The van der Waals surface area contributed by atoms with Crippen LogP contribution in [0.5, 0.6) is 0 Å². The van der Waals surface area contributed by atoms with E-state index in [1.54, 1.807) is 0 Å². The topological polar surface area (TPSA) is 41.1 Å². The molecule has 1 saturated heterocycles. The summed E-state index contributed by atoms with van der Waals surface area (Å²) in [5.41, 5.74) is 1.15. The molecule has 0 saturated carbocycles. The Morgan fingerprint density at radius 1 is 1.33 bits per heavy atom. The van der Waals surface area contributed by atoms with Crippen molar-refractivity contribution < 1.29 is 0 Å². The van der Waals surface area contributed by atoms with Crippen molar-refractivity contribution in [2.75, 3.05) is 32.7 Å². The Labute approximate surface area is 110 Å². The van der Waals surface area contributed by atoms with Crippen molar-refractivity contribution in [2.24, 2.45) is 0 Å². The molecule has 0 amide bonds. The Kier molecular flexibility index (Phi) is 5.08. The average Bonchev–Trinajstić information content (AvgIpc) is 2.40. The molecular formula is C14H24N4. The minimum Gasteiger partial charge on any atom is -0.314 e. The van der Waals surface area contributed by atoms with Crippen LogP contribution in [0.1, 0.15) is 37.7 Å². The summed E-state index contributed by atoms with van der Waals surface area (Å²) in [6.07, 6.45) is 4.04. The van der Waals surface area contributed by atoms with E-state index in [4.69, 9.17) is 0 Å². The van der Waals surface area contributed by atoms with Crippen LogP contribution in [0.15, 0.2) is 12.3 Å². The Morgan fingerprint density at radius 2 is 2.11 bits per heavy atom. The molecule has 1 N–H and O–H groups in total. The molecule has 4 heteroatoms. The second-order valence-corrected chi connectivity index (χ2v) is 5.25. The summed E-state index contributed by atoms with van der Waals surface area (Å²) in [6, 6.07) is 2.02. The maximum Gasteiger partial charge on any atom is 0.128 e. The lowest BCUT2D eigenvalue weighted by atomic mass is 10.1. The van der Waals surface area contributed by atoms with Crippen LogP contribution in [0.4, 0.5) is 0 Å². The van der Waals surface area contributed by atoms with Gasteiger partial charge in [-0.25, -0.2) is 9.97 Å². The molecule has 1 aliphatic rings. The first kappa shape index (κ1) is 13.4. The van der Waals surface area contributed by atoms with Crippen molar-refractivity contribution in [2.45, 2.75) is 32.6 Å². The van der Waals surface area contributed by atoms with Gasteiger partial charge in [-0.15, -0.1) is 0 Å². The molecule has 1 aromatic heterocycles. The highest BCUT2D eigenvalue weighted by Gasteiger charge is 2.09. The molecule has 1 fully saturated rings. The molecule has 2 heterocycles. The van der Waals surface area contributed by atoms with Crippen LogP contribution >= 0.6 is 0 Å². The molecule has 0 bridgehead atoms. The quantitative estimate of drug-likeness (QED) is 0.856. The van der Waals surface area contributed by atoms with E-state index in [1.165, 1.54) is 13.1 Å². The van der Waals surface area contributed by atoms with E-state index >= 15 is 0 Å². The van der Waals surface area contributed by atoms with E-state index in [1.807, 2.05) is 12.3 Å². The maximum absolute atomic E-state index is 4.61. The van der Waals surface area contributed by atoms with Gasteiger partial charge in [0.05, 0.1) is 0 Å². The van der Waals surface area contributed by atoms with E-state index in [9.17, 15) is 0 Å². The molecule has 1 aliphatic heterocycles. The van der Waals surface area contributed by atoms with Gasteiger partial charge in [-0.1, -0.05) is 13.8 Å². The van der Waals surface area contributed by atoms with E-state index < -0.39 is 0 Å². The van der Waals surface area contributed by atoms with Crippen molar-refractivity contribution in [1.29, 1.82) is 0 Å². The fraction of sp³-hybridized carbons (Fsp3) is 0.714. The van der Waals surface area contributed by atoms with Gasteiger partial charge in [0, 0.05) is 44.5 Å². The van der Waals surface area contributed by atoms with Crippen molar-refractivity contribution in [1.82, 2.24) is 20.2 Å². The van der Waals surface area contributed by atoms with Gasteiger partial charge in [0.15, 0.2) is 0 Å². The fourth-order valence-electron chi connectivity index (χ4n) is 2.25. The summed E-state index contributed by atoms with van der Waals surface area (Å²) in [5, 5.41) is 3.38. The molecule has 0 aliphatic carbocycles. The lowest BCUT2D eigenvalue weighted by Gasteiger charge is -2.26. The zero-order chi connectivity index (χ0) is 12.8. The molecule has 4 nitrogen and oxygen atoms in total. The Morgan fingerprint density at radius 3 is 2.83 bits per heavy atom. The smallest absolute Gasteiger partial charge is 0.128 e. The minimum atomic E-state index is 0.486. The van der Waals surface area contributed by atoms with Gasteiger partial charge >= 0.3 is 0 Å². The summed E-state index contributed by atoms with van der Waals surface area (Å²) in [4.78, 5) is 11.5. The summed E-state index contributed by atoms with van der Waals surface area (Å²) in [7, 11) is 0. The second kappa shape index (κ2) is 6.81. The molecule has 0 unspecified atom stereocenters. The van der Waals surface area contributed by atoms with Crippen molar-refractivity contribution in [3.63, 3.8) is 0 Å². The Hall–Kier alpha value is -1.00. The van der Waals surface area contributed by atoms with Gasteiger partial charge in [-0.05, 0) is 24.9 Å². The molecule has 0 spiro atoms. The highest BCUT2D eigenvalue weighted by molar-refractivity contribution is 5.06. The molecule has 2 rings (SSSR count). The van der Waals surface area contributed by atoms with E-state index in [-0.39, 0.29) is 0 Å². The van der Waals surface area contributed by atoms with Gasteiger partial charge in [-0.3, -0.25) is 0 Å². The molecular weight excluding hydrogens is 224 g/mol. The lowest BCUT2D eigenvalue weighted by molar-refractivity contribution is 0.238. The SMILES string of the molecule is CC(C)c1ccnc(CCCN2CCNCC2)n1. The van der Waals surface area contributed by atoms with E-state index in [2.05, 4.69) is 34.0 Å². The van der Waals surface area contributed by atoms with Gasteiger partial charge < -0.3 is 10.2 Å². The first-order chi connectivity index (χ1) is 8.75. The standard InChI is InChI=1S/C14H24N4/c1-12(2)13-5-6-16-14(17-13)4-3-9-18-10-7-15-8-11-18/h5-6,12,15H,3-4,7-11H2,1-2H3. The summed E-state index contributed by atoms with van der Waals surface area (Å²) in [6.45, 7) is 10.1. The molecule has 18 heavy (non-hydrogen) atoms. The number of nitrogens with zero attached hydrogens (tertiary/aromatic N) is 3. The highest BCUT2D eigenvalue weighted by Crippen LogP contribution is 2.10. The first-order valence-electron chi connectivity index (χ1n) is 7.00. The highest BCUT2D eigenvalue weighted by atomic mass is 15.2. The van der Waals surface area contributed by atoms with Crippen LogP contribution < -0.4 is 5.32 Å². The number of hydrogen-bond acceptors (Lipinski definition) is 4. The number of nitrogens with one attached hydrogen (secondary N) is 1. The Balaban J connectivity index is 1.77. The molecule has 0 radical (unpaired) electrons. The predicted octanol–water partition coefficient (Wildman–Crippen LogP) is 1.44. The van der Waals surface area contributed by atoms with Gasteiger partial charge in [-0.2, -0.15) is 0 Å². The van der Waals surface area contributed by atoms with Crippen LogP contribution in [0.25, 0.3) is 0 Å². The monoisotopic (exact) mass is 248 g/mol. The molecule has 0 atom stereocenters. The van der Waals surface area contributed by atoms with Gasteiger partial charge in [0.1, 0.15) is 5.82 Å². The van der Waals surface area contributed by atoms with Crippen molar-refractivity contribution >= 4 is 0 Å². The van der Waals surface area contributed by atoms with E-state index in [0.717, 1.165) is 44.0 Å². The third kappa shape index (κ3) is 4.03. The number of rotatable bonds is 5. The van der Waals surface area contributed by atoms with Crippen LogP contribution in [0, 0.1) is 0 Å². The number of piperazine rings is 1. The summed E-state index contributed by atoms with van der Waals surface area (Å²) >= 11 is 0. The van der Waals surface area contributed by atoms with Crippen LogP contribution in [-0.2, 0) is 6.42 Å². The first-order valence-corrected chi connectivity index (χ1v) is 7.00. The fourth-order valence-corrected chi connectivity index (χ4v) is 2.25. The molecule has 1 aromatic rings. The summed E-state index contributed by atoms with van der Waals surface area (Å²) in [5.74, 6) is 1.48. The minimum absolute atomic E-state index is 0.486. The van der Waals surface area contributed by atoms with Crippen molar-refractivity contribution in [3.8, 4) is 0 Å². The largest absolute Gasteiger partial charge is 0.314 e. The van der Waals surface area contributed by atoms with Gasteiger partial charge in [0.25, 0.3) is 0 Å². The molecule has 0 aromatic carbocycles. The van der Waals surface area contributed by atoms with E-state index in [0.29, 0.717) is 5.92 Å². The maximum atomic E-state index is 4.61. The summed E-state index contributed by atoms with van der Waals surface area (Å²) < 4.78 is 0. The Bertz CT molecular complexity index is 359. The zero-order valence-electron chi connectivity index (χ0n) is 11.5. The number of hydrogen-bond donors (Lipinski definition) is 1. The normalized spacial score (nSPS) is 17.3. The van der Waals surface area contributed by atoms with Crippen LogP contribution in [-0.4, -0.2) is 47.6 Å². The number of aryl methyl sites for hydroxylation is 1. The third-order valence-corrected chi connectivity index (χ3v) is 3.40. The lowest BCUT2D eigenvalue weighted by Crippen LogP contribution is -2.43. The molecule has 100 valence electrons. The second-order valence-electron chi connectivity index (χ2n) is 5.25. The zero-order valence-corrected chi connectivity index (χ0v) is 11.5. The van der Waals surface area contributed by atoms with Gasteiger partial charge in [0.2, 0.25) is 0 Å². The van der Waals surface area contributed by atoms with Crippen molar-refractivity contribution in [3.05, 3.63) is 23.8 Å². The predicted molar refractivity (Wildman–Crippen MR) is 73.8 cm³/mol. The number of aromatic nitrogens is 2. The third-order valence-electron chi connectivity index (χ3n) is 3.40. The van der Waals surface area contributed by atoms with Crippen LogP contribution in [0.2, 0.25) is 0 Å².